The fourth-order valence-corrected chi connectivity index (χ4v) is 8.45. The summed E-state index contributed by atoms with van der Waals surface area (Å²) in [5.41, 5.74) is 2.27. The number of anilines is 1. The first kappa shape index (κ1) is 50.3. The van der Waals surface area contributed by atoms with Gasteiger partial charge in [0, 0.05) is 51.8 Å². The molecule has 0 saturated heterocycles. The van der Waals surface area contributed by atoms with Gasteiger partial charge in [0.1, 0.15) is 22.9 Å². The number of carbonyl (C=O) groups is 2. The van der Waals surface area contributed by atoms with Crippen molar-refractivity contribution in [3.8, 4) is 17.2 Å². The van der Waals surface area contributed by atoms with Gasteiger partial charge >= 0.3 is 6.29 Å². The molecular formula is C52H60F3N3O9. The summed E-state index contributed by atoms with van der Waals surface area (Å²) in [5, 5.41) is 43.8. The Morgan fingerprint density at radius 1 is 0.881 bits per heavy atom. The van der Waals surface area contributed by atoms with Crippen molar-refractivity contribution in [2.45, 2.75) is 123 Å². The Kier molecular flexibility index (Phi) is 13.6. The molecule has 1 fully saturated rings. The zero-order chi connectivity index (χ0) is 48.3. The Labute approximate surface area is 387 Å². The minimum Gasteiger partial charge on any atom is -0.508 e. The number of fused-ring (bicyclic) bond motifs is 3. The molecule has 4 aromatic carbocycles. The number of amides is 1. The number of hydrogen-bond acceptors (Lipinski definition) is 9. The Hall–Kier alpha value is -6.16. The maximum absolute atomic E-state index is 15.3. The predicted octanol–water partition coefficient (Wildman–Crippen LogP) is 9.29. The number of ketones is 1. The fourth-order valence-electron chi connectivity index (χ4n) is 8.45. The first-order valence-electron chi connectivity index (χ1n) is 21.7. The van der Waals surface area contributed by atoms with Crippen molar-refractivity contribution in [1.82, 2.24) is 9.55 Å². The molecule has 3 heterocycles. The van der Waals surface area contributed by atoms with Crippen LogP contribution in [-0.2, 0) is 39.4 Å². The molecule has 1 atom stereocenters. The third kappa shape index (κ3) is 10.1. The number of pyridine rings is 1. The highest BCUT2D eigenvalue weighted by molar-refractivity contribution is 6.06. The lowest BCUT2D eigenvalue weighted by Crippen LogP contribution is -2.29. The summed E-state index contributed by atoms with van der Waals surface area (Å²) in [6.45, 7) is 15.2. The van der Waals surface area contributed by atoms with Gasteiger partial charge in [-0.3, -0.25) is 14.4 Å². The van der Waals surface area contributed by atoms with Gasteiger partial charge in [-0.15, -0.1) is 8.78 Å². The van der Waals surface area contributed by atoms with E-state index < -0.39 is 41.6 Å². The highest BCUT2D eigenvalue weighted by Crippen LogP contribution is 2.53. The molecule has 6 aromatic rings. The zero-order valence-electron chi connectivity index (χ0n) is 38.2. The van der Waals surface area contributed by atoms with Crippen LogP contribution in [-0.4, -0.2) is 67.3 Å². The van der Waals surface area contributed by atoms with E-state index in [0.717, 1.165) is 11.1 Å². The van der Waals surface area contributed by atoms with Gasteiger partial charge in [0.15, 0.2) is 11.5 Å². The van der Waals surface area contributed by atoms with Gasteiger partial charge in [-0.2, -0.15) is 0 Å². The molecule has 0 unspecified atom stereocenters. The number of aromatic amines is 1. The second-order valence-corrected chi connectivity index (χ2v) is 20.0. The summed E-state index contributed by atoms with van der Waals surface area (Å²) >= 11 is 0. The topological polar surface area (TPSA) is 183 Å². The molecule has 0 spiro atoms. The highest BCUT2D eigenvalue weighted by atomic mass is 19.3. The van der Waals surface area contributed by atoms with E-state index in [1.807, 2.05) is 67.5 Å². The molecule has 0 radical (unpaired) electrons. The molecule has 1 amide bonds. The van der Waals surface area contributed by atoms with Crippen LogP contribution in [0.1, 0.15) is 114 Å². The highest BCUT2D eigenvalue weighted by Gasteiger charge is 2.52. The minimum absolute atomic E-state index is 0. The molecule has 1 aliphatic heterocycles. The number of aliphatic hydroxyl groups excluding tert-OH is 3. The fraction of sp³-hybridized carbons (Fsp3) is 0.404. The second-order valence-electron chi connectivity index (χ2n) is 20.0. The first-order chi connectivity index (χ1) is 30.8. The van der Waals surface area contributed by atoms with Crippen molar-refractivity contribution in [2.24, 2.45) is 0 Å². The van der Waals surface area contributed by atoms with E-state index in [2.05, 4.69) is 19.8 Å². The second kappa shape index (κ2) is 18.1. The number of hydrogen-bond donors (Lipinski definition) is 6. The van der Waals surface area contributed by atoms with E-state index in [0.29, 0.717) is 51.6 Å². The minimum atomic E-state index is -3.76. The number of aromatic hydroxyl groups is 1. The number of aliphatic hydroxyl groups is 3. The molecule has 0 bridgehead atoms. The van der Waals surface area contributed by atoms with Gasteiger partial charge in [0.05, 0.1) is 36.8 Å². The van der Waals surface area contributed by atoms with E-state index in [1.165, 1.54) is 24.4 Å². The van der Waals surface area contributed by atoms with Crippen LogP contribution in [0.3, 0.4) is 0 Å². The van der Waals surface area contributed by atoms with E-state index in [-0.39, 0.29) is 77.4 Å². The van der Waals surface area contributed by atoms with Gasteiger partial charge in [0.25, 0.3) is 5.91 Å². The number of halogens is 3. The van der Waals surface area contributed by atoms with E-state index in [4.69, 9.17) is 0 Å². The molecule has 67 heavy (non-hydrogen) atoms. The summed E-state index contributed by atoms with van der Waals surface area (Å²) in [6, 6.07) is 19.5. The standard InChI is InChI=1S/C27H28F3NO6.C24H28N2O3.CH4/c1-25(2,14-33)23-8-16-7-15(19(28)11-20(16)31(23)12-18(34)13-32)9-24(35)26(5-6-26)17-3-4-21-22(10-17)37-27(29,30)36-21;1-23(2,3)16-11-17(24(4,5)6)20(27)12-19(16)26-22(29)15-13-25-18-10-8-7-9-14(18)21(15)28;/h3-4,7-8,10-11,18,32-34H,5-6,9,12-14H2,1-2H3;7-13,27H,1-6H3,(H,25,28)(H,26,29);1H4/t18-;;/m1../s1. The van der Waals surface area contributed by atoms with Crippen molar-refractivity contribution in [2.75, 3.05) is 18.5 Å². The van der Waals surface area contributed by atoms with Gasteiger partial charge in [-0.25, -0.2) is 4.39 Å². The molecule has 1 aliphatic carbocycles. The molecule has 2 aliphatic rings. The average molecular weight is 928 g/mol. The van der Waals surface area contributed by atoms with Gasteiger partial charge in [0.2, 0.25) is 5.43 Å². The first-order valence-corrected chi connectivity index (χ1v) is 21.7. The van der Waals surface area contributed by atoms with Crippen LogP contribution >= 0.6 is 0 Å². The van der Waals surface area contributed by atoms with Crippen LogP contribution in [0.15, 0.2) is 83.8 Å². The number of phenolic OH excluding ortho intramolecular Hbond substituents is 1. The lowest BCUT2D eigenvalue weighted by atomic mass is 9.79. The lowest BCUT2D eigenvalue weighted by Gasteiger charge is -2.28. The molecule has 1 saturated carbocycles. The smallest absolute Gasteiger partial charge is 0.508 e. The molecule has 15 heteroatoms. The number of rotatable bonds is 11. The quantitative estimate of drug-likeness (QED) is 0.0738. The Balaban J connectivity index is 0.000000224. The molecule has 358 valence electrons. The van der Waals surface area contributed by atoms with Crippen molar-refractivity contribution >= 4 is 39.2 Å². The molecule has 8 rings (SSSR count). The average Bonchev–Trinajstić information content (AvgIpc) is 3.89. The van der Waals surface area contributed by atoms with Crippen LogP contribution in [0, 0.1) is 5.82 Å². The van der Waals surface area contributed by atoms with Crippen molar-refractivity contribution in [3.05, 3.63) is 129 Å². The van der Waals surface area contributed by atoms with E-state index >= 15 is 4.39 Å². The summed E-state index contributed by atoms with van der Waals surface area (Å²) in [7, 11) is 0. The lowest BCUT2D eigenvalue weighted by molar-refractivity contribution is -0.286. The van der Waals surface area contributed by atoms with Crippen molar-refractivity contribution < 1.29 is 52.7 Å². The summed E-state index contributed by atoms with van der Waals surface area (Å²) in [4.78, 5) is 42.1. The number of alkyl halides is 2. The monoisotopic (exact) mass is 927 g/mol. The van der Waals surface area contributed by atoms with Crippen LogP contribution in [0.25, 0.3) is 21.8 Å². The third-order valence-corrected chi connectivity index (χ3v) is 12.4. The molecule has 2 aromatic heterocycles. The number of phenols is 1. The molecule has 12 nitrogen and oxygen atoms in total. The normalized spacial score (nSPS) is 15.4. The van der Waals surface area contributed by atoms with Crippen molar-refractivity contribution in [1.29, 1.82) is 0 Å². The Bertz CT molecular complexity index is 2920. The summed E-state index contributed by atoms with van der Waals surface area (Å²) in [5.74, 6) is -1.47. The van der Waals surface area contributed by atoms with Crippen LogP contribution < -0.4 is 20.2 Å². The SMILES string of the molecule is C.CC(C)(C)c1cc(C(C)(C)C)c(NC(=O)c2c[nH]c3ccccc3c2=O)cc1O.CC(C)(CO)c1cc2cc(CC(=O)C3(c4ccc5c(c4)OC(F)(F)O5)CC3)c(F)cc2n1C[C@@H](O)CO. The number of nitrogens with zero attached hydrogens (tertiary/aromatic N) is 1. The van der Waals surface area contributed by atoms with Crippen LogP contribution in [0.5, 0.6) is 17.2 Å². The molecular weight excluding hydrogens is 868 g/mol. The van der Waals surface area contributed by atoms with Crippen LogP contribution in [0.2, 0.25) is 0 Å². The number of para-hydroxylation sites is 1. The van der Waals surface area contributed by atoms with Gasteiger partial charge in [-0.1, -0.05) is 81.0 Å². The summed E-state index contributed by atoms with van der Waals surface area (Å²) in [6.07, 6.45) is -2.58. The van der Waals surface area contributed by atoms with Gasteiger partial charge in [-0.05, 0) is 94.5 Å². The number of benzene rings is 4. The summed E-state index contributed by atoms with van der Waals surface area (Å²) < 4.78 is 52.8. The number of Topliss-reactive ketones (excluding diaryl/α,β-unsaturated/α-hetero) is 1. The number of carbonyl (C=O) groups excluding carboxylic acids is 2. The maximum atomic E-state index is 15.3. The Morgan fingerprint density at radius 3 is 2.16 bits per heavy atom. The number of H-pyrrole nitrogens is 1. The zero-order valence-corrected chi connectivity index (χ0v) is 38.2. The van der Waals surface area contributed by atoms with Crippen molar-refractivity contribution in [3.63, 3.8) is 0 Å². The number of aromatic nitrogens is 2. The van der Waals surface area contributed by atoms with E-state index in [1.54, 1.807) is 47.0 Å². The number of nitrogens with one attached hydrogen (secondary N) is 2. The van der Waals surface area contributed by atoms with Gasteiger partial charge < -0.3 is 44.8 Å². The number of ether oxygens (including phenoxy) is 2. The van der Waals surface area contributed by atoms with Crippen LogP contribution in [0.4, 0.5) is 18.9 Å². The Morgan fingerprint density at radius 2 is 1.54 bits per heavy atom. The predicted molar refractivity (Wildman–Crippen MR) is 252 cm³/mol. The molecule has 6 N–H and O–H groups in total. The third-order valence-electron chi connectivity index (χ3n) is 12.4. The van der Waals surface area contributed by atoms with E-state index in [9.17, 15) is 43.6 Å². The maximum Gasteiger partial charge on any atom is 0.586 e. The largest absolute Gasteiger partial charge is 0.586 e.